The molecule has 6 heteroatoms. The Morgan fingerprint density at radius 2 is 1.69 bits per heavy atom. The highest BCUT2D eigenvalue weighted by Crippen LogP contribution is 2.30. The largest absolute Gasteiger partial charge is 0.478 e. The molecule has 0 aliphatic heterocycles. The topological polar surface area (TPSA) is 76.4 Å². The minimum atomic E-state index is -3.83. The highest BCUT2D eigenvalue weighted by Gasteiger charge is 2.24. The van der Waals surface area contributed by atoms with Crippen molar-refractivity contribution in [3.05, 3.63) is 70.9 Å². The Hall–Kier alpha value is -2.86. The van der Waals surface area contributed by atoms with Crippen molar-refractivity contribution >= 4 is 33.0 Å². The Morgan fingerprint density at radius 3 is 2.31 bits per heavy atom. The summed E-state index contributed by atoms with van der Waals surface area (Å²) in [5, 5.41) is 9.56. The third kappa shape index (κ3) is 3.04. The minimum absolute atomic E-state index is 0.276. The van der Waals surface area contributed by atoms with Crippen LogP contribution in [-0.4, -0.2) is 23.5 Å². The number of hydrogen-bond acceptors (Lipinski definition) is 3. The number of aromatic nitrogens is 1. The number of carboxylic acids is 1. The van der Waals surface area contributed by atoms with Crippen molar-refractivity contribution in [2.24, 2.45) is 0 Å². The quantitative estimate of drug-likeness (QED) is 0.708. The molecule has 2 aromatic carbocycles. The number of hydrogen-bond donors (Lipinski definition) is 1. The molecule has 0 unspecified atom stereocenters. The van der Waals surface area contributed by atoms with Gasteiger partial charge in [0.2, 0.25) is 0 Å². The first-order valence-electron chi connectivity index (χ1n) is 8.06. The van der Waals surface area contributed by atoms with Gasteiger partial charge in [-0.15, -0.1) is 0 Å². The zero-order valence-corrected chi connectivity index (χ0v) is 15.5. The number of benzene rings is 2. The number of aliphatic carboxylic acids is 1. The van der Waals surface area contributed by atoms with Crippen molar-refractivity contribution in [2.45, 2.75) is 25.7 Å². The molecule has 0 aliphatic carbocycles. The van der Waals surface area contributed by atoms with E-state index < -0.39 is 16.0 Å². The van der Waals surface area contributed by atoms with E-state index in [-0.39, 0.29) is 4.90 Å². The molecule has 0 bridgehead atoms. The summed E-state index contributed by atoms with van der Waals surface area (Å²) >= 11 is 0. The number of para-hydroxylation sites is 1. The van der Waals surface area contributed by atoms with Gasteiger partial charge in [-0.05, 0) is 44.0 Å². The van der Waals surface area contributed by atoms with Gasteiger partial charge in [-0.1, -0.05) is 35.9 Å². The Kier molecular flexibility index (Phi) is 4.46. The maximum atomic E-state index is 13.4. The van der Waals surface area contributed by atoms with Crippen LogP contribution in [0.3, 0.4) is 0 Å². The van der Waals surface area contributed by atoms with Crippen molar-refractivity contribution in [1.82, 2.24) is 3.97 Å². The van der Waals surface area contributed by atoms with E-state index in [2.05, 4.69) is 0 Å². The van der Waals surface area contributed by atoms with Gasteiger partial charge in [-0.2, -0.15) is 0 Å². The molecule has 3 rings (SSSR count). The van der Waals surface area contributed by atoms with Crippen molar-refractivity contribution < 1.29 is 18.3 Å². The summed E-state index contributed by atoms with van der Waals surface area (Å²) < 4.78 is 28.0. The molecule has 0 saturated carbocycles. The van der Waals surface area contributed by atoms with E-state index in [0.29, 0.717) is 27.6 Å². The normalized spacial score (nSPS) is 12.1. The van der Waals surface area contributed by atoms with Gasteiger partial charge in [0.1, 0.15) is 0 Å². The minimum Gasteiger partial charge on any atom is -0.478 e. The van der Waals surface area contributed by atoms with Gasteiger partial charge in [0.15, 0.2) is 0 Å². The van der Waals surface area contributed by atoms with Crippen LogP contribution < -0.4 is 0 Å². The number of carboxylic acid groups (broad SMARTS) is 1. The maximum absolute atomic E-state index is 13.4. The monoisotopic (exact) mass is 369 g/mol. The first-order valence-corrected chi connectivity index (χ1v) is 9.50. The molecule has 0 atom stereocenters. The lowest BCUT2D eigenvalue weighted by atomic mass is 10.1. The predicted octanol–water partition coefficient (Wildman–Crippen LogP) is 3.90. The molecule has 0 amide bonds. The van der Waals surface area contributed by atoms with Gasteiger partial charge in [0.25, 0.3) is 10.0 Å². The third-order valence-corrected chi connectivity index (χ3v) is 6.22. The molecule has 0 saturated heterocycles. The average molecular weight is 369 g/mol. The van der Waals surface area contributed by atoms with Crippen LogP contribution in [0.25, 0.3) is 17.0 Å². The Bertz CT molecular complexity index is 1130. The van der Waals surface area contributed by atoms with Crippen molar-refractivity contribution in [2.75, 3.05) is 0 Å². The van der Waals surface area contributed by atoms with Gasteiger partial charge in [0.05, 0.1) is 10.4 Å². The summed E-state index contributed by atoms with van der Waals surface area (Å²) in [5.74, 6) is -1.09. The van der Waals surface area contributed by atoms with E-state index >= 15 is 0 Å². The van der Waals surface area contributed by atoms with Crippen LogP contribution in [0.15, 0.2) is 53.6 Å². The van der Waals surface area contributed by atoms with E-state index in [9.17, 15) is 13.2 Å². The average Bonchev–Trinajstić information content (AvgIpc) is 2.91. The molecule has 0 spiro atoms. The highest BCUT2D eigenvalue weighted by molar-refractivity contribution is 7.90. The first-order chi connectivity index (χ1) is 12.2. The van der Waals surface area contributed by atoms with Gasteiger partial charge in [-0.3, -0.25) is 0 Å². The summed E-state index contributed by atoms with van der Waals surface area (Å²) in [5.41, 5.74) is 3.41. The van der Waals surface area contributed by atoms with E-state index in [0.717, 1.165) is 11.6 Å². The second-order valence-electron chi connectivity index (χ2n) is 6.30. The van der Waals surface area contributed by atoms with Crippen LogP contribution in [0.2, 0.25) is 0 Å². The summed E-state index contributed by atoms with van der Waals surface area (Å²) in [7, 11) is -3.83. The van der Waals surface area contributed by atoms with Crippen LogP contribution in [0.1, 0.15) is 22.3 Å². The fourth-order valence-electron chi connectivity index (χ4n) is 3.34. The van der Waals surface area contributed by atoms with Crippen LogP contribution in [-0.2, 0) is 14.8 Å². The molecule has 0 fully saturated rings. The smallest absolute Gasteiger partial charge is 0.328 e. The van der Waals surface area contributed by atoms with Gasteiger partial charge in [-0.25, -0.2) is 17.2 Å². The fraction of sp³-hybridized carbons (Fsp3) is 0.150. The van der Waals surface area contributed by atoms with Gasteiger partial charge < -0.3 is 5.11 Å². The molecule has 1 heterocycles. The third-order valence-electron chi connectivity index (χ3n) is 4.24. The van der Waals surface area contributed by atoms with Crippen LogP contribution in [0, 0.1) is 20.8 Å². The summed E-state index contributed by atoms with van der Waals surface area (Å²) in [6.45, 7) is 5.49. The van der Waals surface area contributed by atoms with Crippen LogP contribution in [0.5, 0.6) is 0 Å². The molecule has 1 N–H and O–H groups in total. The maximum Gasteiger partial charge on any atom is 0.328 e. The Balaban J connectivity index is 2.30. The molecule has 0 aliphatic rings. The molecule has 5 nitrogen and oxygen atoms in total. The molecule has 134 valence electrons. The van der Waals surface area contributed by atoms with Gasteiger partial charge in [0, 0.05) is 23.2 Å². The lowest BCUT2D eigenvalue weighted by molar-refractivity contribution is -0.131. The van der Waals surface area contributed by atoms with E-state index in [1.54, 1.807) is 38.1 Å². The molecular weight excluding hydrogens is 350 g/mol. The standard InChI is InChI=1S/C20H19NO4S/c1-13-10-14(2)20(15(3)11-13)26(24,25)21-12-16(8-9-19(22)23)17-6-4-5-7-18(17)21/h4-12H,1-3H3,(H,22,23)/b9-8+. The Labute approximate surface area is 152 Å². The summed E-state index contributed by atoms with van der Waals surface area (Å²) in [6, 6.07) is 10.7. The number of fused-ring (bicyclic) bond motifs is 1. The molecule has 3 aromatic rings. The summed E-state index contributed by atoms with van der Waals surface area (Å²) in [6.07, 6.45) is 3.88. The number of nitrogens with zero attached hydrogens (tertiary/aromatic N) is 1. The van der Waals surface area contributed by atoms with Crippen LogP contribution in [0.4, 0.5) is 0 Å². The number of carbonyl (C=O) groups is 1. The van der Waals surface area contributed by atoms with E-state index in [1.165, 1.54) is 16.2 Å². The van der Waals surface area contributed by atoms with Crippen LogP contribution >= 0.6 is 0 Å². The number of aryl methyl sites for hydroxylation is 3. The zero-order chi connectivity index (χ0) is 19.1. The number of rotatable bonds is 4. The molecule has 26 heavy (non-hydrogen) atoms. The highest BCUT2D eigenvalue weighted by atomic mass is 32.2. The van der Waals surface area contributed by atoms with Gasteiger partial charge >= 0.3 is 5.97 Å². The first kappa shape index (κ1) is 17.9. The SMILES string of the molecule is Cc1cc(C)c(S(=O)(=O)n2cc(/C=C/C(=O)O)c3ccccc32)c(C)c1. The van der Waals surface area contributed by atoms with Crippen molar-refractivity contribution in [3.8, 4) is 0 Å². The lowest BCUT2D eigenvalue weighted by Crippen LogP contribution is -2.15. The van der Waals surface area contributed by atoms with E-state index in [4.69, 9.17) is 5.11 Å². The Morgan fingerprint density at radius 1 is 1.08 bits per heavy atom. The second kappa shape index (κ2) is 6.46. The molecule has 1 aromatic heterocycles. The fourth-order valence-corrected chi connectivity index (χ4v) is 5.14. The van der Waals surface area contributed by atoms with Crippen molar-refractivity contribution in [1.29, 1.82) is 0 Å². The zero-order valence-electron chi connectivity index (χ0n) is 14.7. The molecular formula is C20H19NO4S. The summed E-state index contributed by atoms with van der Waals surface area (Å²) in [4.78, 5) is 11.1. The lowest BCUT2D eigenvalue weighted by Gasteiger charge is -2.14. The molecule has 0 radical (unpaired) electrons. The van der Waals surface area contributed by atoms with Crippen molar-refractivity contribution in [3.63, 3.8) is 0 Å². The second-order valence-corrected chi connectivity index (χ2v) is 8.05. The van der Waals surface area contributed by atoms with E-state index in [1.807, 2.05) is 19.1 Å². The predicted molar refractivity (Wildman–Crippen MR) is 102 cm³/mol.